The summed E-state index contributed by atoms with van der Waals surface area (Å²) in [6.45, 7) is 7.95. The molecule has 3 rings (SSSR count). The number of ether oxygens (including phenoxy) is 1. The number of nitrogens with zero attached hydrogens (tertiary/aromatic N) is 2. The van der Waals surface area contributed by atoms with Gasteiger partial charge in [0.25, 0.3) is 0 Å². The van der Waals surface area contributed by atoms with E-state index in [1.54, 1.807) is 0 Å². The first-order valence-electron chi connectivity index (χ1n) is 7.18. The third-order valence-electron chi connectivity index (χ3n) is 4.00. The summed E-state index contributed by atoms with van der Waals surface area (Å²) >= 11 is 0. The van der Waals surface area contributed by atoms with Crippen molar-refractivity contribution in [2.24, 2.45) is 0 Å². The third kappa shape index (κ3) is 2.76. The normalized spacial score (nSPS) is 18.1. The van der Waals surface area contributed by atoms with Crippen molar-refractivity contribution in [2.75, 3.05) is 26.3 Å². The topological polar surface area (TPSA) is 41.2 Å². The lowest BCUT2D eigenvalue weighted by Gasteiger charge is -2.32. The van der Waals surface area contributed by atoms with Crippen molar-refractivity contribution in [1.82, 2.24) is 14.9 Å². The van der Waals surface area contributed by atoms with Crippen LogP contribution >= 0.6 is 0 Å². The van der Waals surface area contributed by atoms with Gasteiger partial charge in [-0.2, -0.15) is 0 Å². The molecule has 0 amide bonds. The number of hydrogen-bond donors (Lipinski definition) is 1. The van der Waals surface area contributed by atoms with Crippen molar-refractivity contribution in [3.8, 4) is 11.3 Å². The average Bonchev–Trinajstić information content (AvgIpc) is 2.94. The zero-order valence-electron chi connectivity index (χ0n) is 12.1. The molecule has 1 aromatic heterocycles. The maximum atomic E-state index is 5.41. The molecule has 0 spiro atoms. The van der Waals surface area contributed by atoms with Crippen molar-refractivity contribution in [2.45, 2.75) is 19.9 Å². The fraction of sp³-hybridized carbons (Fsp3) is 0.438. The Kier molecular flexibility index (Phi) is 3.85. The molecule has 1 aliphatic heterocycles. The molecule has 4 nitrogen and oxygen atoms in total. The standard InChI is InChI=1S/C16H21N3O/c1-12(19-7-9-20-10-8-19)14-3-5-15(6-4-14)16-11-17-13(2)18-16/h3-6,11-12H,7-10H2,1-2H3,(H,17,18). The molecule has 0 bridgehead atoms. The molecule has 0 aliphatic carbocycles. The molecule has 20 heavy (non-hydrogen) atoms. The van der Waals surface area contributed by atoms with Crippen LogP contribution in [-0.2, 0) is 4.74 Å². The first-order chi connectivity index (χ1) is 9.74. The number of rotatable bonds is 3. The molecule has 1 N–H and O–H groups in total. The highest BCUT2D eigenvalue weighted by molar-refractivity contribution is 5.58. The average molecular weight is 271 g/mol. The number of hydrogen-bond acceptors (Lipinski definition) is 3. The van der Waals surface area contributed by atoms with Crippen molar-refractivity contribution >= 4 is 0 Å². The lowest BCUT2D eigenvalue weighted by Crippen LogP contribution is -2.37. The first kappa shape index (κ1) is 13.3. The van der Waals surface area contributed by atoms with Gasteiger partial charge in [0.1, 0.15) is 5.82 Å². The van der Waals surface area contributed by atoms with E-state index in [-0.39, 0.29) is 0 Å². The lowest BCUT2D eigenvalue weighted by molar-refractivity contribution is 0.0198. The van der Waals surface area contributed by atoms with Crippen LogP contribution in [0.25, 0.3) is 11.3 Å². The summed E-state index contributed by atoms with van der Waals surface area (Å²) in [6, 6.07) is 9.20. The summed E-state index contributed by atoms with van der Waals surface area (Å²) in [7, 11) is 0. The quantitative estimate of drug-likeness (QED) is 0.933. The van der Waals surface area contributed by atoms with Crippen LogP contribution in [0.2, 0.25) is 0 Å². The van der Waals surface area contributed by atoms with Crippen LogP contribution in [0.4, 0.5) is 0 Å². The van der Waals surface area contributed by atoms with Gasteiger partial charge in [0.2, 0.25) is 0 Å². The predicted molar refractivity (Wildman–Crippen MR) is 79.6 cm³/mol. The van der Waals surface area contributed by atoms with E-state index in [0.29, 0.717) is 6.04 Å². The maximum absolute atomic E-state index is 5.41. The minimum Gasteiger partial charge on any atom is -0.379 e. The van der Waals surface area contributed by atoms with Crippen molar-refractivity contribution in [3.05, 3.63) is 41.9 Å². The zero-order valence-corrected chi connectivity index (χ0v) is 12.1. The Hall–Kier alpha value is -1.65. The van der Waals surface area contributed by atoms with E-state index < -0.39 is 0 Å². The Morgan fingerprint density at radius 2 is 1.90 bits per heavy atom. The third-order valence-corrected chi connectivity index (χ3v) is 4.00. The number of imidazole rings is 1. The highest BCUT2D eigenvalue weighted by Crippen LogP contribution is 2.24. The van der Waals surface area contributed by atoms with Crippen LogP contribution < -0.4 is 0 Å². The Balaban J connectivity index is 1.75. The Morgan fingerprint density at radius 3 is 2.50 bits per heavy atom. The maximum Gasteiger partial charge on any atom is 0.103 e. The number of morpholine rings is 1. The van der Waals surface area contributed by atoms with E-state index in [0.717, 1.165) is 37.8 Å². The molecule has 0 radical (unpaired) electrons. The van der Waals surface area contributed by atoms with E-state index >= 15 is 0 Å². The van der Waals surface area contributed by atoms with Crippen LogP contribution in [0.15, 0.2) is 30.5 Å². The minimum atomic E-state index is 0.441. The first-order valence-corrected chi connectivity index (χ1v) is 7.18. The number of benzene rings is 1. The van der Waals surface area contributed by atoms with Crippen molar-refractivity contribution < 1.29 is 4.74 Å². The number of aryl methyl sites for hydroxylation is 1. The van der Waals surface area contributed by atoms with Crippen LogP contribution in [-0.4, -0.2) is 41.2 Å². The van der Waals surface area contributed by atoms with Crippen molar-refractivity contribution in [1.29, 1.82) is 0 Å². The molecular formula is C16H21N3O. The highest BCUT2D eigenvalue weighted by Gasteiger charge is 2.18. The van der Waals surface area contributed by atoms with Gasteiger partial charge in [0, 0.05) is 19.1 Å². The van der Waals surface area contributed by atoms with Gasteiger partial charge in [-0.1, -0.05) is 24.3 Å². The molecule has 1 fully saturated rings. The van der Waals surface area contributed by atoms with Crippen LogP contribution in [0.1, 0.15) is 24.4 Å². The Labute approximate surface area is 119 Å². The smallest absolute Gasteiger partial charge is 0.103 e. The summed E-state index contributed by atoms with van der Waals surface area (Å²) in [5.41, 5.74) is 3.61. The zero-order chi connectivity index (χ0) is 13.9. The van der Waals surface area contributed by atoms with Gasteiger partial charge in [0.05, 0.1) is 25.1 Å². The van der Waals surface area contributed by atoms with E-state index in [1.807, 2.05) is 13.1 Å². The van der Waals surface area contributed by atoms with Gasteiger partial charge in [-0.25, -0.2) is 4.98 Å². The molecule has 1 aliphatic rings. The summed E-state index contributed by atoms with van der Waals surface area (Å²) in [6.07, 6.45) is 1.88. The molecule has 1 saturated heterocycles. The molecule has 1 atom stereocenters. The van der Waals surface area contributed by atoms with E-state index in [2.05, 4.69) is 46.1 Å². The second kappa shape index (κ2) is 5.77. The molecule has 106 valence electrons. The minimum absolute atomic E-state index is 0.441. The summed E-state index contributed by atoms with van der Waals surface area (Å²) in [5, 5.41) is 0. The summed E-state index contributed by atoms with van der Waals surface area (Å²) in [4.78, 5) is 9.98. The molecule has 1 aromatic carbocycles. The van der Waals surface area contributed by atoms with Gasteiger partial charge < -0.3 is 9.72 Å². The fourth-order valence-electron chi connectivity index (χ4n) is 2.68. The molecule has 0 saturated carbocycles. The Bertz CT molecular complexity index is 555. The van der Waals surface area contributed by atoms with Gasteiger partial charge in [-0.15, -0.1) is 0 Å². The summed E-state index contributed by atoms with van der Waals surface area (Å²) < 4.78 is 5.41. The highest BCUT2D eigenvalue weighted by atomic mass is 16.5. The van der Waals surface area contributed by atoms with Gasteiger partial charge in [0.15, 0.2) is 0 Å². The monoisotopic (exact) mass is 271 g/mol. The van der Waals surface area contributed by atoms with E-state index in [1.165, 1.54) is 11.1 Å². The number of aromatic nitrogens is 2. The van der Waals surface area contributed by atoms with Crippen LogP contribution in [0, 0.1) is 6.92 Å². The molecule has 2 aromatic rings. The number of aromatic amines is 1. The predicted octanol–water partition coefficient (Wildman–Crippen LogP) is 2.78. The Morgan fingerprint density at radius 1 is 1.20 bits per heavy atom. The number of nitrogens with one attached hydrogen (secondary N) is 1. The van der Waals surface area contributed by atoms with E-state index in [4.69, 9.17) is 4.74 Å². The number of H-pyrrole nitrogens is 1. The van der Waals surface area contributed by atoms with Gasteiger partial charge >= 0.3 is 0 Å². The van der Waals surface area contributed by atoms with Crippen molar-refractivity contribution in [3.63, 3.8) is 0 Å². The van der Waals surface area contributed by atoms with Crippen LogP contribution in [0.3, 0.4) is 0 Å². The SMILES string of the molecule is Cc1ncc(-c2ccc(C(C)N3CCOCC3)cc2)[nH]1. The molecule has 1 unspecified atom stereocenters. The van der Waals surface area contributed by atoms with Crippen LogP contribution in [0.5, 0.6) is 0 Å². The largest absolute Gasteiger partial charge is 0.379 e. The van der Waals surface area contributed by atoms with Gasteiger partial charge in [-0.05, 0) is 25.0 Å². The van der Waals surface area contributed by atoms with E-state index in [9.17, 15) is 0 Å². The van der Waals surface area contributed by atoms with Gasteiger partial charge in [-0.3, -0.25) is 4.90 Å². The molecule has 2 heterocycles. The second-order valence-corrected chi connectivity index (χ2v) is 5.33. The molecular weight excluding hydrogens is 250 g/mol. The second-order valence-electron chi connectivity index (χ2n) is 5.33. The molecule has 4 heteroatoms. The fourth-order valence-corrected chi connectivity index (χ4v) is 2.68. The lowest BCUT2D eigenvalue weighted by atomic mass is 10.0. The summed E-state index contributed by atoms with van der Waals surface area (Å²) in [5.74, 6) is 0.950.